The standard InChI is InChI=1S/C16H23ClN2O2/c1-12(13-7-4-2-3-5-8-13)18-11-14-15(17)9-6-10-16(14)19(20)21/h6,9-10,12-13,18H,2-5,7-8,11H2,1H3/t12-/m0/s1. The first-order valence-corrected chi connectivity index (χ1v) is 8.12. The third kappa shape index (κ3) is 4.42. The minimum absolute atomic E-state index is 0.100. The van der Waals surface area contributed by atoms with Crippen molar-refractivity contribution in [3.8, 4) is 0 Å². The largest absolute Gasteiger partial charge is 0.310 e. The quantitative estimate of drug-likeness (QED) is 0.487. The van der Waals surface area contributed by atoms with E-state index in [1.54, 1.807) is 12.1 Å². The van der Waals surface area contributed by atoms with Gasteiger partial charge in [0.05, 0.1) is 15.5 Å². The van der Waals surface area contributed by atoms with E-state index in [9.17, 15) is 10.1 Å². The molecule has 1 fully saturated rings. The Hall–Kier alpha value is -1.13. The molecule has 0 radical (unpaired) electrons. The van der Waals surface area contributed by atoms with Gasteiger partial charge in [-0.05, 0) is 31.7 Å². The first kappa shape index (κ1) is 16.2. The van der Waals surface area contributed by atoms with Crippen molar-refractivity contribution in [2.24, 2.45) is 5.92 Å². The molecule has 0 amide bonds. The van der Waals surface area contributed by atoms with Crippen LogP contribution in [0.3, 0.4) is 0 Å². The molecule has 0 unspecified atom stereocenters. The van der Waals surface area contributed by atoms with Crippen molar-refractivity contribution >= 4 is 17.3 Å². The predicted octanol–water partition coefficient (Wildman–Crippen LogP) is 4.70. The molecule has 1 atom stereocenters. The van der Waals surface area contributed by atoms with Crippen molar-refractivity contribution in [2.45, 2.75) is 58.0 Å². The van der Waals surface area contributed by atoms with Crippen molar-refractivity contribution in [3.05, 3.63) is 38.9 Å². The molecule has 1 aliphatic carbocycles. The molecule has 0 aromatic heterocycles. The maximum absolute atomic E-state index is 11.1. The average Bonchev–Trinajstić information content (AvgIpc) is 2.74. The van der Waals surface area contributed by atoms with Crippen molar-refractivity contribution < 1.29 is 4.92 Å². The van der Waals surface area contributed by atoms with E-state index in [4.69, 9.17) is 11.6 Å². The highest BCUT2D eigenvalue weighted by molar-refractivity contribution is 6.31. The zero-order valence-corrected chi connectivity index (χ0v) is 13.2. The molecule has 1 N–H and O–H groups in total. The van der Waals surface area contributed by atoms with Gasteiger partial charge in [-0.15, -0.1) is 0 Å². The summed E-state index contributed by atoms with van der Waals surface area (Å²) in [7, 11) is 0. The molecule has 2 rings (SSSR count). The van der Waals surface area contributed by atoms with E-state index >= 15 is 0 Å². The van der Waals surface area contributed by atoms with Gasteiger partial charge in [0.15, 0.2) is 0 Å². The third-order valence-corrected chi connectivity index (χ3v) is 4.85. The van der Waals surface area contributed by atoms with E-state index in [2.05, 4.69) is 12.2 Å². The predicted molar refractivity (Wildman–Crippen MR) is 85.6 cm³/mol. The van der Waals surface area contributed by atoms with Gasteiger partial charge in [0.1, 0.15) is 0 Å². The van der Waals surface area contributed by atoms with Crippen LogP contribution in [0.2, 0.25) is 5.02 Å². The highest BCUT2D eigenvalue weighted by Crippen LogP contribution is 2.28. The lowest BCUT2D eigenvalue weighted by Gasteiger charge is -2.23. The highest BCUT2D eigenvalue weighted by atomic mass is 35.5. The Kier molecular flexibility index (Phi) is 6.00. The molecule has 1 aliphatic rings. The Morgan fingerprint density at radius 1 is 1.33 bits per heavy atom. The Morgan fingerprint density at radius 3 is 2.62 bits per heavy atom. The van der Waals surface area contributed by atoms with Gasteiger partial charge in [-0.3, -0.25) is 10.1 Å². The van der Waals surface area contributed by atoms with Crippen LogP contribution in [0.1, 0.15) is 51.0 Å². The van der Waals surface area contributed by atoms with E-state index in [0.717, 1.165) is 0 Å². The monoisotopic (exact) mass is 310 g/mol. The van der Waals surface area contributed by atoms with Gasteiger partial charge in [0.2, 0.25) is 0 Å². The van der Waals surface area contributed by atoms with E-state index in [0.29, 0.717) is 29.1 Å². The molecular weight excluding hydrogens is 288 g/mol. The molecule has 0 saturated heterocycles. The number of nitrogens with zero attached hydrogens (tertiary/aromatic N) is 1. The smallest absolute Gasteiger partial charge is 0.275 e. The number of rotatable bonds is 5. The maximum atomic E-state index is 11.1. The number of hydrogen-bond acceptors (Lipinski definition) is 3. The normalized spacial score (nSPS) is 18.2. The fourth-order valence-electron chi connectivity index (χ4n) is 3.13. The van der Waals surface area contributed by atoms with Gasteiger partial charge in [0.25, 0.3) is 5.69 Å². The fraction of sp³-hybridized carbons (Fsp3) is 0.625. The lowest BCUT2D eigenvalue weighted by molar-refractivity contribution is -0.385. The number of hydrogen-bond donors (Lipinski definition) is 1. The van der Waals surface area contributed by atoms with Crippen LogP contribution in [-0.2, 0) is 6.54 Å². The Labute approximate surface area is 131 Å². The molecule has 0 aliphatic heterocycles. The van der Waals surface area contributed by atoms with Gasteiger partial charge in [-0.25, -0.2) is 0 Å². The molecule has 5 heteroatoms. The molecule has 21 heavy (non-hydrogen) atoms. The molecule has 1 aromatic carbocycles. The summed E-state index contributed by atoms with van der Waals surface area (Å²) in [5.74, 6) is 0.661. The maximum Gasteiger partial charge on any atom is 0.275 e. The lowest BCUT2D eigenvalue weighted by atomic mass is 9.93. The van der Waals surface area contributed by atoms with E-state index in [1.165, 1.54) is 44.6 Å². The van der Waals surface area contributed by atoms with Crippen LogP contribution in [0.4, 0.5) is 5.69 Å². The molecule has 1 aromatic rings. The Bertz CT molecular complexity index is 485. The highest BCUT2D eigenvalue weighted by Gasteiger charge is 2.21. The number of nitrogens with one attached hydrogen (secondary N) is 1. The number of nitro benzene ring substituents is 1. The van der Waals surface area contributed by atoms with Gasteiger partial charge >= 0.3 is 0 Å². The topological polar surface area (TPSA) is 55.2 Å². The minimum Gasteiger partial charge on any atom is -0.310 e. The van der Waals surface area contributed by atoms with Crippen molar-refractivity contribution in [1.82, 2.24) is 5.32 Å². The summed E-state index contributed by atoms with van der Waals surface area (Å²) in [6.45, 7) is 2.63. The van der Waals surface area contributed by atoms with Gasteiger partial charge < -0.3 is 5.32 Å². The summed E-state index contributed by atoms with van der Waals surface area (Å²) < 4.78 is 0. The summed E-state index contributed by atoms with van der Waals surface area (Å²) in [5.41, 5.74) is 0.688. The van der Waals surface area contributed by atoms with Gasteiger partial charge in [0, 0.05) is 18.7 Å². The van der Waals surface area contributed by atoms with Gasteiger partial charge in [-0.1, -0.05) is 43.4 Å². The molecule has 1 saturated carbocycles. The van der Waals surface area contributed by atoms with Crippen molar-refractivity contribution in [1.29, 1.82) is 0 Å². The summed E-state index contributed by atoms with van der Waals surface area (Å²) in [6.07, 6.45) is 7.75. The van der Waals surface area contributed by atoms with Crippen LogP contribution in [0, 0.1) is 16.0 Å². The lowest BCUT2D eigenvalue weighted by Crippen LogP contribution is -2.33. The first-order valence-electron chi connectivity index (χ1n) is 7.74. The molecular formula is C16H23ClN2O2. The second-order valence-electron chi connectivity index (χ2n) is 5.92. The summed E-state index contributed by atoms with van der Waals surface area (Å²) >= 11 is 6.12. The first-order chi connectivity index (χ1) is 10.1. The van der Waals surface area contributed by atoms with Crippen molar-refractivity contribution in [3.63, 3.8) is 0 Å². The van der Waals surface area contributed by atoms with Crippen LogP contribution in [0.5, 0.6) is 0 Å². The number of nitro groups is 1. The summed E-state index contributed by atoms with van der Waals surface area (Å²) in [6, 6.07) is 5.21. The van der Waals surface area contributed by atoms with Gasteiger partial charge in [-0.2, -0.15) is 0 Å². The number of halogens is 1. The van der Waals surface area contributed by atoms with Crippen LogP contribution < -0.4 is 5.32 Å². The van der Waals surface area contributed by atoms with Crippen LogP contribution in [-0.4, -0.2) is 11.0 Å². The van der Waals surface area contributed by atoms with E-state index in [-0.39, 0.29) is 10.6 Å². The molecule has 4 nitrogen and oxygen atoms in total. The third-order valence-electron chi connectivity index (χ3n) is 4.50. The van der Waals surface area contributed by atoms with E-state index in [1.807, 2.05) is 0 Å². The van der Waals surface area contributed by atoms with Crippen LogP contribution in [0.25, 0.3) is 0 Å². The minimum atomic E-state index is -0.362. The second kappa shape index (κ2) is 7.76. The zero-order chi connectivity index (χ0) is 15.2. The second-order valence-corrected chi connectivity index (χ2v) is 6.32. The summed E-state index contributed by atoms with van der Waals surface area (Å²) in [4.78, 5) is 10.7. The van der Waals surface area contributed by atoms with Crippen LogP contribution in [0.15, 0.2) is 18.2 Å². The molecule has 0 heterocycles. The Balaban J connectivity index is 2.00. The summed E-state index contributed by atoms with van der Waals surface area (Å²) in [5, 5.41) is 15.0. The number of benzene rings is 1. The zero-order valence-electron chi connectivity index (χ0n) is 12.5. The van der Waals surface area contributed by atoms with E-state index < -0.39 is 0 Å². The van der Waals surface area contributed by atoms with Crippen molar-refractivity contribution in [2.75, 3.05) is 0 Å². The fourth-order valence-corrected chi connectivity index (χ4v) is 3.37. The Morgan fingerprint density at radius 2 is 2.00 bits per heavy atom. The van der Waals surface area contributed by atoms with Crippen LogP contribution >= 0.6 is 11.6 Å². The SMILES string of the molecule is C[C@H](NCc1c(Cl)cccc1[N+](=O)[O-])C1CCCCCC1. The molecule has 0 spiro atoms. The average molecular weight is 311 g/mol. The molecule has 0 bridgehead atoms. The molecule has 116 valence electrons.